The van der Waals surface area contributed by atoms with E-state index in [4.69, 9.17) is 4.74 Å². The molecule has 0 aromatic heterocycles. The van der Waals surface area contributed by atoms with E-state index in [1.165, 1.54) is 4.90 Å². The Balaban J connectivity index is 0.00000529. The SMILES string of the molecule is CCNC(=NCC(=O)N(C)C)NCC(C)Oc1ccccc1C.I. The maximum Gasteiger partial charge on any atom is 0.243 e. The van der Waals surface area contributed by atoms with Crippen LogP contribution >= 0.6 is 24.0 Å². The van der Waals surface area contributed by atoms with Crippen molar-refractivity contribution >= 4 is 35.8 Å². The van der Waals surface area contributed by atoms with Crippen LogP contribution in [0.3, 0.4) is 0 Å². The lowest BCUT2D eigenvalue weighted by atomic mass is 10.2. The molecule has 0 saturated heterocycles. The van der Waals surface area contributed by atoms with Gasteiger partial charge in [0.15, 0.2) is 5.96 Å². The minimum atomic E-state index is -0.0357. The van der Waals surface area contributed by atoms with Crippen LogP contribution in [-0.2, 0) is 4.79 Å². The molecule has 0 bridgehead atoms. The molecule has 0 spiro atoms. The van der Waals surface area contributed by atoms with Gasteiger partial charge in [0.2, 0.25) is 5.91 Å². The highest BCUT2D eigenvalue weighted by Gasteiger charge is 2.08. The predicted octanol–water partition coefficient (Wildman–Crippen LogP) is 2.02. The first-order valence-corrected chi connectivity index (χ1v) is 7.88. The molecule has 0 aliphatic heterocycles. The maximum atomic E-state index is 11.6. The number of rotatable bonds is 7. The molecule has 0 aliphatic carbocycles. The van der Waals surface area contributed by atoms with Crippen LogP contribution < -0.4 is 15.4 Å². The zero-order valence-corrected chi connectivity index (χ0v) is 17.5. The zero-order chi connectivity index (χ0) is 17.2. The largest absolute Gasteiger partial charge is 0.489 e. The van der Waals surface area contributed by atoms with E-state index in [1.807, 2.05) is 45.0 Å². The number of carbonyl (C=O) groups is 1. The number of ether oxygens (including phenoxy) is 1. The van der Waals surface area contributed by atoms with Crippen molar-refractivity contribution in [2.45, 2.75) is 26.9 Å². The molecule has 1 aromatic rings. The number of guanidine groups is 1. The van der Waals surface area contributed by atoms with Gasteiger partial charge in [-0.15, -0.1) is 24.0 Å². The monoisotopic (exact) mass is 448 g/mol. The summed E-state index contributed by atoms with van der Waals surface area (Å²) in [5, 5.41) is 6.32. The van der Waals surface area contributed by atoms with Gasteiger partial charge in [-0.2, -0.15) is 0 Å². The first-order valence-electron chi connectivity index (χ1n) is 7.88. The Morgan fingerprint density at radius 2 is 1.96 bits per heavy atom. The summed E-state index contributed by atoms with van der Waals surface area (Å²) in [6.07, 6.45) is -0.0236. The summed E-state index contributed by atoms with van der Waals surface area (Å²) in [4.78, 5) is 17.4. The molecule has 1 atom stereocenters. The van der Waals surface area contributed by atoms with E-state index in [1.54, 1.807) is 14.1 Å². The molecule has 24 heavy (non-hydrogen) atoms. The Morgan fingerprint density at radius 1 is 1.29 bits per heavy atom. The van der Waals surface area contributed by atoms with Gasteiger partial charge in [0, 0.05) is 20.6 Å². The second-order valence-corrected chi connectivity index (χ2v) is 5.56. The topological polar surface area (TPSA) is 66.0 Å². The van der Waals surface area contributed by atoms with Crippen LogP contribution in [0, 0.1) is 6.92 Å². The smallest absolute Gasteiger partial charge is 0.243 e. The Kier molecular flexibility index (Phi) is 11.2. The molecule has 1 rings (SSSR count). The van der Waals surface area contributed by atoms with E-state index in [2.05, 4.69) is 15.6 Å². The molecule has 1 unspecified atom stereocenters. The number of halogens is 1. The lowest BCUT2D eigenvalue weighted by Gasteiger charge is -2.19. The highest BCUT2D eigenvalue weighted by atomic mass is 127. The van der Waals surface area contributed by atoms with Gasteiger partial charge in [-0.3, -0.25) is 4.79 Å². The lowest BCUT2D eigenvalue weighted by Crippen LogP contribution is -2.42. The molecular formula is C17H29IN4O2. The predicted molar refractivity (Wildman–Crippen MR) is 109 cm³/mol. The number of carbonyl (C=O) groups excluding carboxylic acids is 1. The molecule has 1 aromatic carbocycles. The number of aryl methyl sites for hydroxylation is 1. The van der Waals surface area contributed by atoms with Crippen molar-refractivity contribution in [3.05, 3.63) is 29.8 Å². The second kappa shape index (κ2) is 11.9. The quantitative estimate of drug-likeness (QED) is 0.381. The van der Waals surface area contributed by atoms with Crippen LogP contribution in [0.4, 0.5) is 0 Å². The number of hydrogen-bond donors (Lipinski definition) is 2. The van der Waals surface area contributed by atoms with Crippen LogP contribution in [0.2, 0.25) is 0 Å². The van der Waals surface area contributed by atoms with Gasteiger partial charge in [0.05, 0.1) is 6.54 Å². The van der Waals surface area contributed by atoms with E-state index in [0.29, 0.717) is 12.5 Å². The van der Waals surface area contributed by atoms with Crippen molar-refractivity contribution in [3.63, 3.8) is 0 Å². The molecule has 136 valence electrons. The third-order valence-corrected chi connectivity index (χ3v) is 3.19. The summed E-state index contributed by atoms with van der Waals surface area (Å²) in [6, 6.07) is 7.93. The lowest BCUT2D eigenvalue weighted by molar-refractivity contribution is -0.127. The Morgan fingerprint density at radius 3 is 2.54 bits per heavy atom. The van der Waals surface area contributed by atoms with Gasteiger partial charge >= 0.3 is 0 Å². The summed E-state index contributed by atoms with van der Waals surface area (Å²) in [5.41, 5.74) is 1.11. The summed E-state index contributed by atoms with van der Waals surface area (Å²) in [6.45, 7) is 7.45. The van der Waals surface area contributed by atoms with E-state index in [9.17, 15) is 4.79 Å². The number of likely N-dealkylation sites (N-methyl/N-ethyl adjacent to an activating group) is 1. The number of hydrogen-bond acceptors (Lipinski definition) is 3. The van der Waals surface area contributed by atoms with Crippen LogP contribution in [0.25, 0.3) is 0 Å². The highest BCUT2D eigenvalue weighted by molar-refractivity contribution is 14.0. The van der Waals surface area contributed by atoms with Crippen molar-refractivity contribution in [3.8, 4) is 5.75 Å². The van der Waals surface area contributed by atoms with Crippen molar-refractivity contribution < 1.29 is 9.53 Å². The van der Waals surface area contributed by atoms with Crippen LogP contribution in [0.1, 0.15) is 19.4 Å². The number of nitrogens with zero attached hydrogens (tertiary/aromatic N) is 2. The number of benzene rings is 1. The van der Waals surface area contributed by atoms with Gasteiger partial charge in [0.25, 0.3) is 0 Å². The second-order valence-electron chi connectivity index (χ2n) is 5.56. The summed E-state index contributed by atoms with van der Waals surface area (Å²) in [5.74, 6) is 1.46. The third kappa shape index (κ3) is 8.37. The van der Waals surface area contributed by atoms with E-state index < -0.39 is 0 Å². The molecule has 0 aliphatic rings. The molecule has 6 nitrogen and oxygen atoms in total. The van der Waals surface area contributed by atoms with Gasteiger partial charge in [-0.05, 0) is 32.4 Å². The molecule has 0 radical (unpaired) electrons. The van der Waals surface area contributed by atoms with Gasteiger partial charge in [0.1, 0.15) is 18.4 Å². The number of aliphatic imine (C=N–C) groups is 1. The number of para-hydroxylation sites is 1. The molecule has 0 saturated carbocycles. The Labute approximate surface area is 162 Å². The summed E-state index contributed by atoms with van der Waals surface area (Å²) < 4.78 is 5.92. The number of nitrogens with one attached hydrogen (secondary N) is 2. The maximum absolute atomic E-state index is 11.6. The molecule has 0 heterocycles. The summed E-state index contributed by atoms with van der Waals surface area (Å²) in [7, 11) is 3.44. The van der Waals surface area contributed by atoms with Crippen molar-refractivity contribution in [2.24, 2.45) is 4.99 Å². The molecule has 7 heteroatoms. The molecule has 0 fully saturated rings. The molecular weight excluding hydrogens is 419 g/mol. The zero-order valence-electron chi connectivity index (χ0n) is 15.1. The average Bonchev–Trinajstić information content (AvgIpc) is 2.51. The Hall–Kier alpha value is -1.51. The minimum Gasteiger partial charge on any atom is -0.489 e. The Bertz CT molecular complexity index is 535. The average molecular weight is 448 g/mol. The van der Waals surface area contributed by atoms with Gasteiger partial charge in [-0.25, -0.2) is 4.99 Å². The normalized spacial score (nSPS) is 12.0. The van der Waals surface area contributed by atoms with Crippen LogP contribution in [0.15, 0.2) is 29.3 Å². The molecule has 2 N–H and O–H groups in total. The van der Waals surface area contributed by atoms with Gasteiger partial charge in [-0.1, -0.05) is 18.2 Å². The van der Waals surface area contributed by atoms with E-state index in [-0.39, 0.29) is 42.5 Å². The standard InChI is InChI=1S/C17H28N4O2.HI/c1-6-18-17(20-12-16(22)21(4)5)19-11-14(3)23-15-10-8-7-9-13(15)2;/h7-10,14H,6,11-12H2,1-5H3,(H2,18,19,20);1H. The van der Waals surface area contributed by atoms with Gasteiger partial charge < -0.3 is 20.3 Å². The van der Waals surface area contributed by atoms with Crippen molar-refractivity contribution in [1.29, 1.82) is 0 Å². The highest BCUT2D eigenvalue weighted by Crippen LogP contribution is 2.17. The fourth-order valence-corrected chi connectivity index (χ4v) is 1.82. The first-order chi connectivity index (χ1) is 10.9. The van der Waals surface area contributed by atoms with E-state index >= 15 is 0 Å². The van der Waals surface area contributed by atoms with Crippen LogP contribution in [-0.4, -0.2) is 56.6 Å². The third-order valence-electron chi connectivity index (χ3n) is 3.19. The van der Waals surface area contributed by atoms with Crippen molar-refractivity contribution in [1.82, 2.24) is 15.5 Å². The van der Waals surface area contributed by atoms with Crippen LogP contribution in [0.5, 0.6) is 5.75 Å². The number of amides is 1. The fourth-order valence-electron chi connectivity index (χ4n) is 1.82. The van der Waals surface area contributed by atoms with E-state index in [0.717, 1.165) is 17.9 Å². The molecule has 1 amide bonds. The summed E-state index contributed by atoms with van der Waals surface area (Å²) >= 11 is 0. The first kappa shape index (κ1) is 22.5. The fraction of sp³-hybridized carbons (Fsp3) is 0.529. The minimum absolute atomic E-state index is 0. The van der Waals surface area contributed by atoms with Crippen molar-refractivity contribution in [2.75, 3.05) is 33.7 Å².